The molecule has 2 N–H and O–H groups in total. The maximum atomic E-state index is 13.4. The molecule has 5 rings (SSSR count). The van der Waals surface area contributed by atoms with Crippen LogP contribution in [-0.4, -0.2) is 34.5 Å². The van der Waals surface area contributed by atoms with E-state index in [-0.39, 0.29) is 40.3 Å². The van der Waals surface area contributed by atoms with Crippen molar-refractivity contribution in [2.45, 2.75) is 50.1 Å². The molecule has 30 heavy (non-hydrogen) atoms. The van der Waals surface area contributed by atoms with Crippen molar-refractivity contribution in [2.24, 2.45) is 0 Å². The molecule has 2 amide bonds. The first kappa shape index (κ1) is 20.6. The summed E-state index contributed by atoms with van der Waals surface area (Å²) in [6, 6.07) is 7.69. The van der Waals surface area contributed by atoms with Gasteiger partial charge in [-0.3, -0.25) is 14.6 Å². The maximum Gasteiger partial charge on any atom is 0.258 e. The highest BCUT2D eigenvalue weighted by Gasteiger charge is 2.69. The van der Waals surface area contributed by atoms with Crippen molar-refractivity contribution >= 4 is 23.4 Å². The van der Waals surface area contributed by atoms with Gasteiger partial charge in [-0.05, 0) is 49.4 Å². The van der Waals surface area contributed by atoms with Crippen LogP contribution in [0.25, 0.3) is 0 Å². The Morgan fingerprint density at radius 2 is 1.87 bits per heavy atom. The first-order valence-corrected chi connectivity index (χ1v) is 10.2. The second-order valence-electron chi connectivity index (χ2n) is 8.58. The van der Waals surface area contributed by atoms with E-state index in [9.17, 15) is 14.0 Å². The third-order valence-corrected chi connectivity index (χ3v) is 6.02. The molecule has 2 bridgehead atoms. The quantitative estimate of drug-likeness (QED) is 0.702. The lowest BCUT2D eigenvalue weighted by Crippen LogP contribution is -2.84. The van der Waals surface area contributed by atoms with Crippen molar-refractivity contribution < 1.29 is 18.7 Å². The first-order valence-electron chi connectivity index (χ1n) is 9.87. The Balaban J connectivity index is 1.23. The number of nitrogens with zero attached hydrogens (tertiary/aromatic N) is 1. The van der Waals surface area contributed by atoms with E-state index in [1.807, 2.05) is 6.07 Å². The second-order valence-corrected chi connectivity index (χ2v) is 8.99. The molecule has 1 aromatic carbocycles. The predicted molar refractivity (Wildman–Crippen MR) is 110 cm³/mol. The number of aromatic nitrogens is 1. The fraction of sp³-hybridized carbons (Fsp3) is 0.409. The SMILES string of the molecule is CC(C)c1ccc(C(=O)NC23CC(NC(=O)COc4ccc(Cl)c(F)c4)(C2)C3)cn1. The van der Waals surface area contributed by atoms with E-state index in [1.54, 1.807) is 12.3 Å². The zero-order valence-corrected chi connectivity index (χ0v) is 17.6. The number of hydrogen-bond acceptors (Lipinski definition) is 4. The normalized spacial score (nSPS) is 23.9. The lowest BCUT2D eigenvalue weighted by atomic mass is 9.44. The molecule has 0 saturated heterocycles. The molecular formula is C22H23ClFN3O3. The van der Waals surface area contributed by atoms with Gasteiger partial charge in [-0.1, -0.05) is 25.4 Å². The maximum absolute atomic E-state index is 13.4. The molecule has 3 aliphatic carbocycles. The Bertz CT molecular complexity index is 974. The summed E-state index contributed by atoms with van der Waals surface area (Å²) < 4.78 is 18.7. The van der Waals surface area contributed by atoms with E-state index < -0.39 is 5.82 Å². The molecule has 6 nitrogen and oxygen atoms in total. The highest BCUT2D eigenvalue weighted by molar-refractivity contribution is 6.30. The fourth-order valence-corrected chi connectivity index (χ4v) is 4.41. The summed E-state index contributed by atoms with van der Waals surface area (Å²) in [6.07, 6.45) is 3.66. The van der Waals surface area contributed by atoms with Crippen LogP contribution in [0.4, 0.5) is 4.39 Å². The number of rotatable bonds is 7. The van der Waals surface area contributed by atoms with Crippen molar-refractivity contribution in [1.82, 2.24) is 15.6 Å². The zero-order valence-electron chi connectivity index (χ0n) is 16.8. The Kier molecular flexibility index (Phi) is 5.18. The molecule has 1 aromatic heterocycles. The number of carbonyl (C=O) groups excluding carboxylic acids is 2. The topological polar surface area (TPSA) is 80.3 Å². The molecular weight excluding hydrogens is 409 g/mol. The molecule has 0 unspecified atom stereocenters. The number of benzene rings is 1. The molecule has 0 radical (unpaired) electrons. The number of amides is 2. The van der Waals surface area contributed by atoms with Gasteiger partial charge in [0.2, 0.25) is 0 Å². The number of ether oxygens (including phenoxy) is 1. The zero-order chi connectivity index (χ0) is 21.5. The van der Waals surface area contributed by atoms with Crippen LogP contribution in [0, 0.1) is 5.82 Å². The van der Waals surface area contributed by atoms with Crippen LogP contribution < -0.4 is 15.4 Å². The lowest BCUT2D eigenvalue weighted by molar-refractivity contribution is -0.141. The Morgan fingerprint density at radius 1 is 1.17 bits per heavy atom. The number of halogens is 2. The molecule has 0 aliphatic heterocycles. The van der Waals surface area contributed by atoms with Crippen molar-refractivity contribution in [3.63, 3.8) is 0 Å². The van der Waals surface area contributed by atoms with Gasteiger partial charge in [0.15, 0.2) is 6.61 Å². The van der Waals surface area contributed by atoms with Crippen LogP contribution >= 0.6 is 11.6 Å². The van der Waals surface area contributed by atoms with Gasteiger partial charge < -0.3 is 15.4 Å². The van der Waals surface area contributed by atoms with E-state index >= 15 is 0 Å². The monoisotopic (exact) mass is 431 g/mol. The molecule has 0 spiro atoms. The Labute approximate surface area is 179 Å². The summed E-state index contributed by atoms with van der Waals surface area (Å²) in [5.74, 6) is -0.471. The van der Waals surface area contributed by atoms with Crippen molar-refractivity contribution in [2.75, 3.05) is 6.61 Å². The van der Waals surface area contributed by atoms with Crippen molar-refractivity contribution in [1.29, 1.82) is 0 Å². The molecule has 3 saturated carbocycles. The van der Waals surface area contributed by atoms with Gasteiger partial charge >= 0.3 is 0 Å². The largest absolute Gasteiger partial charge is 0.484 e. The van der Waals surface area contributed by atoms with Crippen molar-refractivity contribution in [3.05, 3.63) is 58.6 Å². The molecule has 2 aromatic rings. The fourth-order valence-electron chi connectivity index (χ4n) is 4.29. The van der Waals surface area contributed by atoms with Gasteiger partial charge in [0.05, 0.1) is 10.6 Å². The van der Waals surface area contributed by atoms with E-state index in [0.717, 1.165) is 11.8 Å². The van der Waals surface area contributed by atoms with Crippen LogP contribution in [0.3, 0.4) is 0 Å². The molecule has 8 heteroatoms. The Morgan fingerprint density at radius 3 is 2.47 bits per heavy atom. The van der Waals surface area contributed by atoms with Crippen LogP contribution in [0.2, 0.25) is 5.02 Å². The summed E-state index contributed by atoms with van der Waals surface area (Å²) in [6.45, 7) is 3.89. The van der Waals surface area contributed by atoms with Crippen LogP contribution in [0.5, 0.6) is 5.75 Å². The smallest absolute Gasteiger partial charge is 0.258 e. The van der Waals surface area contributed by atoms with Gasteiger partial charge in [0.1, 0.15) is 11.6 Å². The molecule has 3 aliphatic rings. The highest BCUT2D eigenvalue weighted by Crippen LogP contribution is 2.60. The third-order valence-electron chi connectivity index (χ3n) is 5.71. The number of nitrogens with one attached hydrogen (secondary N) is 2. The van der Waals surface area contributed by atoms with Gasteiger partial charge in [-0.25, -0.2) is 4.39 Å². The minimum absolute atomic E-state index is 0.000315. The predicted octanol–water partition coefficient (Wildman–Crippen LogP) is 3.60. The summed E-state index contributed by atoms with van der Waals surface area (Å²) >= 11 is 5.63. The summed E-state index contributed by atoms with van der Waals surface area (Å²) in [5.41, 5.74) is 0.924. The van der Waals surface area contributed by atoms with Gasteiger partial charge in [-0.15, -0.1) is 0 Å². The number of carbonyl (C=O) groups is 2. The van der Waals surface area contributed by atoms with Crippen LogP contribution in [-0.2, 0) is 4.79 Å². The highest BCUT2D eigenvalue weighted by atomic mass is 35.5. The number of pyridine rings is 1. The van der Waals surface area contributed by atoms with E-state index in [4.69, 9.17) is 16.3 Å². The van der Waals surface area contributed by atoms with E-state index in [2.05, 4.69) is 29.5 Å². The average Bonchev–Trinajstić information content (AvgIpc) is 2.66. The third kappa shape index (κ3) is 3.99. The van der Waals surface area contributed by atoms with Crippen molar-refractivity contribution in [3.8, 4) is 5.75 Å². The second kappa shape index (κ2) is 7.54. The number of hydrogen-bond donors (Lipinski definition) is 2. The van der Waals surface area contributed by atoms with Gasteiger partial charge in [-0.2, -0.15) is 0 Å². The molecule has 1 heterocycles. The average molecular weight is 432 g/mol. The van der Waals surface area contributed by atoms with Crippen LogP contribution in [0.15, 0.2) is 36.5 Å². The van der Waals surface area contributed by atoms with E-state index in [0.29, 0.717) is 30.7 Å². The first-order chi connectivity index (χ1) is 14.2. The summed E-state index contributed by atoms with van der Waals surface area (Å²) in [5, 5.41) is 6.04. The van der Waals surface area contributed by atoms with E-state index in [1.165, 1.54) is 12.1 Å². The van der Waals surface area contributed by atoms with Gasteiger partial charge in [0, 0.05) is 29.0 Å². The molecule has 3 fully saturated rings. The lowest BCUT2D eigenvalue weighted by Gasteiger charge is -2.70. The molecule has 0 atom stereocenters. The molecule has 158 valence electrons. The van der Waals surface area contributed by atoms with Gasteiger partial charge in [0.25, 0.3) is 11.8 Å². The standard InChI is InChI=1S/C22H23ClFN3O3/c1-13(2)18-6-3-14(8-25-18)20(29)27-22-10-21(11-22,12-22)26-19(28)9-30-15-4-5-16(23)17(24)7-15/h3-8,13H,9-12H2,1-2H3,(H,26,28)(H,27,29). The minimum atomic E-state index is -0.597. The van der Waals surface area contributed by atoms with Crippen LogP contribution in [0.1, 0.15) is 55.1 Å². The minimum Gasteiger partial charge on any atom is -0.484 e. The summed E-state index contributed by atoms with van der Waals surface area (Å²) in [4.78, 5) is 29.0. The Hall–Kier alpha value is -2.67. The summed E-state index contributed by atoms with van der Waals surface area (Å²) in [7, 11) is 0.